The summed E-state index contributed by atoms with van der Waals surface area (Å²) < 4.78 is 7.22. The molecule has 0 atom stereocenters. The standard InChI is InChI=1S/C22H25N3O4/c1-13(2)25-14(3)11-17(15(25)4)19(26)12-29-21(27)10-9-20-23-18-8-6-5-7-16(18)22(28)24-20/h5-8,11,13H,9-10,12H2,1-4H3,(H,23,24,28). The maximum Gasteiger partial charge on any atom is 0.306 e. The minimum Gasteiger partial charge on any atom is -0.457 e. The normalized spacial score (nSPS) is 11.2. The molecule has 2 heterocycles. The fourth-order valence-electron chi connectivity index (χ4n) is 3.62. The van der Waals surface area contributed by atoms with Gasteiger partial charge in [0.15, 0.2) is 6.61 Å². The zero-order valence-corrected chi connectivity index (χ0v) is 17.1. The van der Waals surface area contributed by atoms with Crippen molar-refractivity contribution in [1.82, 2.24) is 14.5 Å². The first kappa shape index (κ1) is 20.5. The maximum absolute atomic E-state index is 12.5. The molecule has 0 aliphatic carbocycles. The lowest BCUT2D eigenvalue weighted by atomic mass is 10.1. The first-order valence-electron chi connectivity index (χ1n) is 9.63. The van der Waals surface area contributed by atoms with Gasteiger partial charge in [-0.3, -0.25) is 14.4 Å². The number of aromatic nitrogens is 3. The smallest absolute Gasteiger partial charge is 0.306 e. The summed E-state index contributed by atoms with van der Waals surface area (Å²) in [6.07, 6.45) is 0.258. The molecule has 29 heavy (non-hydrogen) atoms. The number of para-hydroxylation sites is 1. The van der Waals surface area contributed by atoms with Gasteiger partial charge in [-0.25, -0.2) is 4.98 Å². The summed E-state index contributed by atoms with van der Waals surface area (Å²) in [6.45, 7) is 7.65. The van der Waals surface area contributed by atoms with Gasteiger partial charge in [-0.2, -0.15) is 0 Å². The molecule has 2 aromatic heterocycles. The van der Waals surface area contributed by atoms with Crippen LogP contribution in [0.5, 0.6) is 0 Å². The third-order valence-corrected chi connectivity index (χ3v) is 4.89. The van der Waals surface area contributed by atoms with Crippen molar-refractivity contribution < 1.29 is 14.3 Å². The highest BCUT2D eigenvalue weighted by Gasteiger charge is 2.18. The summed E-state index contributed by atoms with van der Waals surface area (Å²) in [5.74, 6) is -0.320. The number of hydrogen-bond donors (Lipinski definition) is 1. The van der Waals surface area contributed by atoms with E-state index in [0.29, 0.717) is 22.3 Å². The second-order valence-corrected chi connectivity index (χ2v) is 7.36. The van der Waals surface area contributed by atoms with Crippen molar-refractivity contribution in [2.24, 2.45) is 0 Å². The SMILES string of the molecule is Cc1cc(C(=O)COC(=O)CCc2nc3ccccc3c(=O)[nH]2)c(C)n1C(C)C. The lowest BCUT2D eigenvalue weighted by molar-refractivity contribution is -0.142. The van der Waals surface area contributed by atoms with E-state index in [4.69, 9.17) is 4.74 Å². The van der Waals surface area contributed by atoms with Gasteiger partial charge in [0.1, 0.15) is 5.82 Å². The second kappa shape index (κ2) is 8.43. The zero-order chi connectivity index (χ0) is 21.1. The third-order valence-electron chi connectivity index (χ3n) is 4.89. The molecule has 3 aromatic rings. The Morgan fingerprint density at radius 2 is 1.93 bits per heavy atom. The molecule has 1 N–H and O–H groups in total. The number of nitrogens with zero attached hydrogens (tertiary/aromatic N) is 2. The van der Waals surface area contributed by atoms with Crippen LogP contribution in [0.25, 0.3) is 10.9 Å². The fourth-order valence-corrected chi connectivity index (χ4v) is 3.62. The number of fused-ring (bicyclic) bond motifs is 1. The van der Waals surface area contributed by atoms with Crippen LogP contribution in [0.15, 0.2) is 35.1 Å². The number of carbonyl (C=O) groups excluding carboxylic acids is 2. The minimum atomic E-state index is -0.508. The van der Waals surface area contributed by atoms with Crippen LogP contribution in [0.1, 0.15) is 53.9 Å². The number of H-pyrrole nitrogens is 1. The molecule has 1 aromatic carbocycles. The van der Waals surface area contributed by atoms with Gasteiger partial charge in [-0.05, 0) is 45.9 Å². The summed E-state index contributed by atoms with van der Waals surface area (Å²) in [4.78, 5) is 43.6. The van der Waals surface area contributed by atoms with Gasteiger partial charge < -0.3 is 14.3 Å². The largest absolute Gasteiger partial charge is 0.457 e. The molecule has 7 heteroatoms. The van der Waals surface area contributed by atoms with Gasteiger partial charge in [-0.1, -0.05) is 12.1 Å². The van der Waals surface area contributed by atoms with Crippen molar-refractivity contribution in [1.29, 1.82) is 0 Å². The van der Waals surface area contributed by atoms with Crippen molar-refractivity contribution in [3.8, 4) is 0 Å². The van der Waals surface area contributed by atoms with Crippen molar-refractivity contribution in [2.75, 3.05) is 6.61 Å². The van der Waals surface area contributed by atoms with E-state index in [9.17, 15) is 14.4 Å². The molecule has 0 radical (unpaired) electrons. The van der Waals surface area contributed by atoms with Crippen LogP contribution in [0.4, 0.5) is 0 Å². The number of carbonyl (C=O) groups is 2. The first-order chi connectivity index (χ1) is 13.8. The Morgan fingerprint density at radius 3 is 2.62 bits per heavy atom. The summed E-state index contributed by atoms with van der Waals surface area (Å²) in [7, 11) is 0. The van der Waals surface area contributed by atoms with Crippen LogP contribution in [0.3, 0.4) is 0 Å². The predicted octanol–water partition coefficient (Wildman–Crippen LogP) is 3.28. The van der Waals surface area contributed by atoms with Gasteiger partial charge >= 0.3 is 5.97 Å². The van der Waals surface area contributed by atoms with Crippen molar-refractivity contribution in [3.05, 3.63) is 63.5 Å². The minimum absolute atomic E-state index is 0.0274. The topological polar surface area (TPSA) is 94.1 Å². The Labute approximate surface area is 168 Å². The van der Waals surface area contributed by atoms with Gasteiger partial charge in [0.05, 0.1) is 17.3 Å². The zero-order valence-electron chi connectivity index (χ0n) is 17.1. The highest BCUT2D eigenvalue weighted by Crippen LogP contribution is 2.20. The summed E-state index contributed by atoms with van der Waals surface area (Å²) >= 11 is 0. The molecule has 152 valence electrons. The third kappa shape index (κ3) is 4.45. The number of ketones is 1. The molecule has 0 fully saturated rings. The highest BCUT2D eigenvalue weighted by molar-refractivity contribution is 5.99. The summed E-state index contributed by atoms with van der Waals surface area (Å²) in [6, 6.07) is 9.09. The van der Waals surface area contributed by atoms with Crippen LogP contribution in [0.2, 0.25) is 0 Å². The number of aromatic amines is 1. The fraction of sp³-hybridized carbons (Fsp3) is 0.364. The van der Waals surface area contributed by atoms with Crippen LogP contribution >= 0.6 is 0 Å². The van der Waals surface area contributed by atoms with E-state index in [-0.39, 0.29) is 36.8 Å². The second-order valence-electron chi connectivity index (χ2n) is 7.36. The molecule has 3 rings (SSSR count). The lowest BCUT2D eigenvalue weighted by Crippen LogP contribution is -2.17. The number of nitrogens with one attached hydrogen (secondary N) is 1. The van der Waals surface area contributed by atoms with E-state index in [1.807, 2.05) is 19.9 Å². The molecular weight excluding hydrogens is 370 g/mol. The number of benzene rings is 1. The molecule has 0 bridgehead atoms. The summed E-state index contributed by atoms with van der Waals surface area (Å²) in [5, 5.41) is 0.503. The number of Topliss-reactive ketones (excluding diaryl/α,β-unsaturated/α-hetero) is 1. The lowest BCUT2D eigenvalue weighted by Gasteiger charge is -2.13. The first-order valence-corrected chi connectivity index (χ1v) is 9.63. The molecule has 0 aliphatic heterocycles. The number of ether oxygens (including phenoxy) is 1. The highest BCUT2D eigenvalue weighted by atomic mass is 16.5. The molecule has 7 nitrogen and oxygen atoms in total. The number of aryl methyl sites for hydroxylation is 2. The van der Waals surface area contributed by atoms with E-state index < -0.39 is 5.97 Å². The van der Waals surface area contributed by atoms with Gasteiger partial charge in [0.25, 0.3) is 5.56 Å². The Bertz CT molecular complexity index is 1120. The van der Waals surface area contributed by atoms with E-state index in [2.05, 4.69) is 28.4 Å². The van der Waals surface area contributed by atoms with E-state index in [0.717, 1.165) is 11.4 Å². The van der Waals surface area contributed by atoms with Crippen molar-refractivity contribution >= 4 is 22.7 Å². The average molecular weight is 395 g/mol. The average Bonchev–Trinajstić information content (AvgIpc) is 2.98. The molecule has 0 aliphatic rings. The van der Waals surface area contributed by atoms with Gasteiger partial charge in [0, 0.05) is 29.4 Å². The van der Waals surface area contributed by atoms with Crippen molar-refractivity contribution in [3.63, 3.8) is 0 Å². The Kier molecular flexibility index (Phi) is 5.96. The number of esters is 1. The molecule has 0 saturated carbocycles. The van der Waals surface area contributed by atoms with E-state index >= 15 is 0 Å². The Balaban J connectivity index is 1.59. The molecule has 0 saturated heterocycles. The van der Waals surface area contributed by atoms with Crippen LogP contribution in [0, 0.1) is 13.8 Å². The monoisotopic (exact) mass is 395 g/mol. The summed E-state index contributed by atoms with van der Waals surface area (Å²) in [5.41, 5.74) is 2.78. The number of hydrogen-bond acceptors (Lipinski definition) is 5. The van der Waals surface area contributed by atoms with Crippen LogP contribution < -0.4 is 5.56 Å². The van der Waals surface area contributed by atoms with Crippen LogP contribution in [-0.4, -0.2) is 32.9 Å². The molecule has 0 amide bonds. The van der Waals surface area contributed by atoms with Gasteiger partial charge in [0.2, 0.25) is 5.78 Å². The Hall–Kier alpha value is -3.22. The number of rotatable bonds is 7. The van der Waals surface area contributed by atoms with Crippen molar-refractivity contribution in [2.45, 2.75) is 46.6 Å². The van der Waals surface area contributed by atoms with E-state index in [1.165, 1.54) is 0 Å². The maximum atomic E-state index is 12.5. The molecule has 0 unspecified atom stereocenters. The van der Waals surface area contributed by atoms with Crippen LogP contribution in [-0.2, 0) is 16.0 Å². The Morgan fingerprint density at radius 1 is 1.21 bits per heavy atom. The molecular formula is C22H25N3O4. The molecule has 0 spiro atoms. The quantitative estimate of drug-likeness (QED) is 0.489. The van der Waals surface area contributed by atoms with E-state index in [1.54, 1.807) is 24.3 Å². The van der Waals surface area contributed by atoms with Gasteiger partial charge in [-0.15, -0.1) is 0 Å². The predicted molar refractivity (Wildman–Crippen MR) is 110 cm³/mol.